The summed E-state index contributed by atoms with van der Waals surface area (Å²) in [6, 6.07) is 15.1. The van der Waals surface area contributed by atoms with Crippen molar-refractivity contribution in [1.29, 1.82) is 0 Å². The van der Waals surface area contributed by atoms with Crippen LogP contribution in [0.5, 0.6) is 5.75 Å². The topological polar surface area (TPSA) is 202 Å². The minimum Gasteiger partial charge on any atom is -0.491 e. The van der Waals surface area contributed by atoms with E-state index >= 15 is 0 Å². The summed E-state index contributed by atoms with van der Waals surface area (Å²) in [5.41, 5.74) is 3.58. The molecule has 0 unspecified atom stereocenters. The first kappa shape index (κ1) is 44.6. The zero-order chi connectivity index (χ0) is 42.3. The number of nitrogens with one attached hydrogen (secondary N) is 6. The van der Waals surface area contributed by atoms with Crippen LogP contribution in [0.1, 0.15) is 63.9 Å². The molecule has 0 saturated carbocycles. The smallest absolute Gasteiger partial charge is 0.315 e. The summed E-state index contributed by atoms with van der Waals surface area (Å²) in [7, 11) is 0. The number of carbonyl (C=O) groups excluding carboxylic acids is 5. The van der Waals surface area contributed by atoms with Crippen molar-refractivity contribution >= 4 is 85.4 Å². The number of aromatic nitrogens is 2. The molecule has 0 bridgehead atoms. The summed E-state index contributed by atoms with van der Waals surface area (Å²) in [6.45, 7) is 3.52. The largest absolute Gasteiger partial charge is 0.491 e. The number of urea groups is 1. The van der Waals surface area contributed by atoms with Crippen molar-refractivity contribution in [3.8, 4) is 16.9 Å². The fourth-order valence-corrected chi connectivity index (χ4v) is 9.58. The molecule has 6 amide bonds. The summed E-state index contributed by atoms with van der Waals surface area (Å²) in [6.07, 6.45) is 7.95. The van der Waals surface area contributed by atoms with Gasteiger partial charge in [-0.1, -0.05) is 54.0 Å². The number of pyridine rings is 1. The zero-order valence-corrected chi connectivity index (χ0v) is 35.9. The molecular weight excluding hydrogens is 828 g/mol. The lowest BCUT2D eigenvalue weighted by atomic mass is 10.0. The quantitative estimate of drug-likeness (QED) is 0.0289. The molecule has 2 aromatic heterocycles. The van der Waals surface area contributed by atoms with Gasteiger partial charge in [0.15, 0.2) is 10.3 Å². The van der Waals surface area contributed by atoms with E-state index < -0.39 is 0 Å². The number of benzene rings is 2. The number of nitrogens with zero attached hydrogens (tertiary/aromatic N) is 2. The lowest BCUT2D eigenvalue weighted by Crippen LogP contribution is -2.36. The van der Waals surface area contributed by atoms with Crippen molar-refractivity contribution in [2.75, 3.05) is 49.3 Å². The molecule has 0 spiro atoms. The maximum atomic E-state index is 12.9. The Hall–Kier alpha value is -4.97. The molecular formula is C42H51ClN8O7S2. The third-order valence-corrected chi connectivity index (χ3v) is 12.7. The molecule has 2 aromatic carbocycles. The third kappa shape index (κ3) is 13.8. The molecule has 2 saturated heterocycles. The summed E-state index contributed by atoms with van der Waals surface area (Å²) in [5, 5.41) is 18.5. The molecule has 6 N–H and O–H groups in total. The van der Waals surface area contributed by atoms with Crippen LogP contribution in [0.3, 0.4) is 0 Å². The Bertz CT molecular complexity index is 2120. The van der Waals surface area contributed by atoms with E-state index in [1.165, 1.54) is 18.3 Å². The maximum absolute atomic E-state index is 12.9. The van der Waals surface area contributed by atoms with Crippen molar-refractivity contribution in [3.05, 3.63) is 65.4 Å². The van der Waals surface area contributed by atoms with Crippen molar-refractivity contribution in [1.82, 2.24) is 31.2 Å². The van der Waals surface area contributed by atoms with Gasteiger partial charge in [0, 0.05) is 55.6 Å². The lowest BCUT2D eigenvalue weighted by Gasteiger charge is -2.16. The van der Waals surface area contributed by atoms with Gasteiger partial charge in [-0.05, 0) is 67.1 Å². The van der Waals surface area contributed by atoms with Gasteiger partial charge in [-0.3, -0.25) is 19.2 Å². The number of rotatable bonds is 23. The van der Waals surface area contributed by atoms with Gasteiger partial charge >= 0.3 is 6.03 Å². The fourth-order valence-electron chi connectivity index (χ4n) is 6.93. The molecule has 18 heteroatoms. The van der Waals surface area contributed by atoms with Crippen LogP contribution >= 0.6 is 34.7 Å². The van der Waals surface area contributed by atoms with E-state index in [2.05, 4.69) is 41.9 Å². The number of ether oxygens (including phenoxy) is 2. The van der Waals surface area contributed by atoms with Crippen molar-refractivity contribution in [3.63, 3.8) is 0 Å². The number of hydrogen-bond acceptors (Lipinski definition) is 11. The van der Waals surface area contributed by atoms with Gasteiger partial charge < -0.3 is 41.4 Å². The average molecular weight is 880 g/mol. The molecule has 2 fully saturated rings. The Labute approximate surface area is 362 Å². The van der Waals surface area contributed by atoms with E-state index in [-0.39, 0.29) is 53.3 Å². The molecule has 2 aliphatic heterocycles. The molecule has 60 heavy (non-hydrogen) atoms. The minimum absolute atomic E-state index is 0.0225. The Kier molecular flexibility index (Phi) is 16.8. The molecule has 3 atom stereocenters. The Balaban J connectivity index is 0.765. The maximum Gasteiger partial charge on any atom is 0.315 e. The number of thioether (sulfide) groups is 1. The van der Waals surface area contributed by atoms with Crippen LogP contribution in [0, 0.1) is 0 Å². The van der Waals surface area contributed by atoms with E-state index in [1.807, 2.05) is 42.1 Å². The number of anilines is 2. The predicted octanol–water partition coefficient (Wildman–Crippen LogP) is 6.07. The minimum atomic E-state index is -0.250. The van der Waals surface area contributed by atoms with E-state index in [1.54, 1.807) is 24.4 Å². The highest BCUT2D eigenvalue weighted by molar-refractivity contribution is 8.00. The Morgan fingerprint density at radius 1 is 0.850 bits per heavy atom. The first-order valence-electron chi connectivity index (χ1n) is 20.2. The van der Waals surface area contributed by atoms with Crippen molar-refractivity contribution < 1.29 is 33.4 Å². The third-order valence-electron chi connectivity index (χ3n) is 9.95. The van der Waals surface area contributed by atoms with E-state index in [4.69, 9.17) is 21.1 Å². The Morgan fingerprint density at radius 2 is 1.63 bits per heavy atom. The van der Waals surface area contributed by atoms with Gasteiger partial charge in [-0.15, -0.1) is 0 Å². The van der Waals surface area contributed by atoms with E-state index in [9.17, 15) is 24.0 Å². The van der Waals surface area contributed by atoms with Gasteiger partial charge in [0.25, 0.3) is 0 Å². The van der Waals surface area contributed by atoms with Gasteiger partial charge in [-0.2, -0.15) is 11.8 Å². The number of carbonyl (C=O) groups is 5. The summed E-state index contributed by atoms with van der Waals surface area (Å²) >= 11 is 9.60. The number of hydrogen-bond donors (Lipinski definition) is 6. The number of thiazole rings is 1. The van der Waals surface area contributed by atoms with E-state index in [0.29, 0.717) is 67.6 Å². The average Bonchev–Trinajstić information content (AvgIpc) is 3.91. The molecule has 320 valence electrons. The normalized spacial score (nSPS) is 16.8. The molecule has 4 aromatic rings. The van der Waals surface area contributed by atoms with Crippen molar-refractivity contribution in [2.45, 2.75) is 82.0 Å². The highest BCUT2D eigenvalue weighted by Gasteiger charge is 2.42. The van der Waals surface area contributed by atoms with E-state index in [0.717, 1.165) is 71.2 Å². The zero-order valence-electron chi connectivity index (χ0n) is 33.5. The van der Waals surface area contributed by atoms with Crippen LogP contribution in [0.2, 0.25) is 5.15 Å². The first-order valence-corrected chi connectivity index (χ1v) is 22.5. The second kappa shape index (κ2) is 22.6. The van der Waals surface area contributed by atoms with Gasteiger partial charge in [0.05, 0.1) is 47.6 Å². The lowest BCUT2D eigenvalue weighted by molar-refractivity contribution is -0.122. The van der Waals surface area contributed by atoms with Gasteiger partial charge in [-0.25, -0.2) is 14.8 Å². The van der Waals surface area contributed by atoms with Crippen LogP contribution < -0.4 is 36.6 Å². The highest BCUT2D eigenvalue weighted by atomic mass is 35.5. The van der Waals surface area contributed by atoms with Crippen LogP contribution in [0.15, 0.2) is 54.7 Å². The number of unbranched alkanes of at least 4 members (excludes halogenated alkanes) is 3. The number of amides is 6. The number of fused-ring (bicyclic) bond motifs is 2. The molecule has 0 radical (unpaired) electrons. The summed E-state index contributed by atoms with van der Waals surface area (Å²) in [4.78, 5) is 68.9. The van der Waals surface area contributed by atoms with Gasteiger partial charge in [0.2, 0.25) is 23.6 Å². The van der Waals surface area contributed by atoms with Crippen molar-refractivity contribution in [2.24, 2.45) is 0 Å². The molecule has 15 nitrogen and oxygen atoms in total. The van der Waals surface area contributed by atoms with Crippen LogP contribution in [-0.4, -0.2) is 95.6 Å². The van der Waals surface area contributed by atoms with Gasteiger partial charge in [0.1, 0.15) is 12.4 Å². The molecule has 0 aliphatic carbocycles. The Morgan fingerprint density at radius 3 is 2.43 bits per heavy atom. The molecule has 4 heterocycles. The second-order valence-corrected chi connectivity index (χ2v) is 17.3. The summed E-state index contributed by atoms with van der Waals surface area (Å²) in [5.74, 6) is 1.20. The molecule has 6 rings (SSSR count). The highest BCUT2D eigenvalue weighted by Crippen LogP contribution is 2.34. The van der Waals surface area contributed by atoms with Crippen LogP contribution in [0.4, 0.5) is 15.6 Å². The SMILES string of the molecule is CC(=O)Nc1nc2ccc(-c3cnc(Cl)c(NC(=O)Cc4ccc(OCCOCCNC(=O)CCCCCNC(=O)CCCC[C@@H]5SC[C@@H]6NC(=O)N[C@@H]65)cc4)c3)cc2s1. The fraction of sp³-hybridized carbons (Fsp3) is 0.452. The predicted molar refractivity (Wildman–Crippen MR) is 236 cm³/mol. The monoisotopic (exact) mass is 878 g/mol. The number of halogens is 1. The van der Waals surface area contributed by atoms with Crippen LogP contribution in [0.25, 0.3) is 21.3 Å². The van der Waals surface area contributed by atoms with Crippen LogP contribution in [-0.2, 0) is 30.3 Å². The second-order valence-electron chi connectivity index (χ2n) is 14.7. The summed E-state index contributed by atoms with van der Waals surface area (Å²) < 4.78 is 12.3. The first-order chi connectivity index (χ1) is 29.1. The standard InChI is InChI=1S/C42H51ClN8O7S2/c1-26(52)47-42-50-31-15-12-28(23-35(31)60-42)29-22-32(40(43)46-24-29)48-38(55)21-27-10-13-30(14-11-27)58-20-19-57-18-17-45-37(54)8-3-2-6-16-44-36(53)9-5-4-7-34-39-33(25-59-34)49-41(56)51-39/h10-15,22-24,33-34,39H,2-9,16-21,25H2,1H3,(H,44,53)(H,45,54)(H,48,55)(H,47,50,52)(H2,49,51,56)/t33-,34-,39-/m0/s1. The molecule has 2 aliphatic rings.